The Kier molecular flexibility index (Phi) is 18.7. The van der Waals surface area contributed by atoms with E-state index in [9.17, 15) is 19.6 Å². The van der Waals surface area contributed by atoms with Gasteiger partial charge in [-0.15, -0.1) is 0 Å². The number of carbonyl (C=O) groups is 3. The van der Waals surface area contributed by atoms with E-state index in [2.05, 4.69) is 17.6 Å². The summed E-state index contributed by atoms with van der Waals surface area (Å²) in [7, 11) is 0. The third-order valence-corrected chi connectivity index (χ3v) is 7.30. The Morgan fingerprint density at radius 2 is 1.70 bits per heavy atom. The molecule has 2 aliphatic heterocycles. The first-order valence-electron chi connectivity index (χ1n) is 15.8. The standard InChI is InChI=1S/C32H53N3O8/c1-4-13-33-14-17-41-19-21-42-20-18-40-15-6-8-30(36)29-23-25-9-11-26(12-10-25)43-16-5-7-27(32(38)35-39)28(22-24(2)3)31(37)34-29/h9-12,24,27-29,33,39H,4-8,13-23H2,1-3H3,(H,34,37)(H,35,38)/t27-,28+,29-/m0/s1. The molecule has 0 unspecified atom stereocenters. The van der Waals surface area contributed by atoms with E-state index in [0.29, 0.717) is 84.1 Å². The highest BCUT2D eigenvalue weighted by molar-refractivity contribution is 5.92. The van der Waals surface area contributed by atoms with Crippen LogP contribution in [-0.4, -0.2) is 88.2 Å². The van der Waals surface area contributed by atoms with Crippen LogP contribution >= 0.6 is 0 Å². The lowest BCUT2D eigenvalue weighted by Gasteiger charge is -2.29. The Morgan fingerprint density at radius 1 is 1.02 bits per heavy atom. The Labute approximate surface area is 256 Å². The van der Waals surface area contributed by atoms with E-state index in [-0.39, 0.29) is 24.0 Å². The molecule has 0 saturated heterocycles. The van der Waals surface area contributed by atoms with Crippen LogP contribution in [0.4, 0.5) is 0 Å². The minimum Gasteiger partial charge on any atom is -0.494 e. The monoisotopic (exact) mass is 607 g/mol. The summed E-state index contributed by atoms with van der Waals surface area (Å²) < 4.78 is 22.5. The van der Waals surface area contributed by atoms with Crippen LogP contribution in [0.3, 0.4) is 0 Å². The fourth-order valence-electron chi connectivity index (χ4n) is 5.05. The van der Waals surface area contributed by atoms with Gasteiger partial charge in [0, 0.05) is 25.5 Å². The number of Topliss-reactive ketones (excluding diaryl/α,β-unsaturated/α-hetero) is 1. The van der Waals surface area contributed by atoms with E-state index in [1.807, 2.05) is 38.1 Å². The maximum atomic E-state index is 13.6. The fourth-order valence-corrected chi connectivity index (χ4v) is 5.05. The number of hydroxylamine groups is 1. The average Bonchev–Trinajstić information content (AvgIpc) is 2.99. The molecule has 0 spiro atoms. The van der Waals surface area contributed by atoms with Crippen molar-refractivity contribution >= 4 is 17.6 Å². The Hall–Kier alpha value is -2.57. The van der Waals surface area contributed by atoms with Crippen molar-refractivity contribution in [1.29, 1.82) is 0 Å². The number of hydrogen-bond acceptors (Lipinski definition) is 9. The maximum Gasteiger partial charge on any atom is 0.247 e. The summed E-state index contributed by atoms with van der Waals surface area (Å²) in [5.74, 6) is -1.68. The van der Waals surface area contributed by atoms with Crippen molar-refractivity contribution in [3.05, 3.63) is 29.8 Å². The number of amides is 2. The predicted octanol–water partition coefficient (Wildman–Crippen LogP) is 3.07. The number of benzene rings is 1. The highest BCUT2D eigenvalue weighted by Gasteiger charge is 2.35. The summed E-state index contributed by atoms with van der Waals surface area (Å²) in [4.78, 5) is 39.6. The second kappa shape index (κ2) is 22.0. The Balaban J connectivity index is 1.89. The van der Waals surface area contributed by atoms with Gasteiger partial charge in [-0.2, -0.15) is 0 Å². The number of ketones is 1. The molecular weight excluding hydrogens is 554 g/mol. The first-order valence-corrected chi connectivity index (χ1v) is 15.8. The third kappa shape index (κ3) is 15.1. The molecule has 43 heavy (non-hydrogen) atoms. The van der Waals surface area contributed by atoms with Crippen LogP contribution in [-0.2, 0) is 35.0 Å². The molecule has 1 aromatic carbocycles. The SMILES string of the molecule is CCCNCCOCCOCCOCCCC(=O)[C@@H]1Cc2ccc(cc2)OCCC[C@H](C(=O)NO)[C@@H](CC(C)C)C(=O)N1. The molecule has 2 amide bonds. The summed E-state index contributed by atoms with van der Waals surface area (Å²) in [6.45, 7) is 11.3. The largest absolute Gasteiger partial charge is 0.494 e. The van der Waals surface area contributed by atoms with E-state index in [0.717, 1.165) is 25.1 Å². The van der Waals surface area contributed by atoms with Gasteiger partial charge in [0.15, 0.2) is 5.78 Å². The lowest BCUT2D eigenvalue weighted by Crippen LogP contribution is -2.49. The molecule has 0 saturated carbocycles. The van der Waals surface area contributed by atoms with Crippen molar-refractivity contribution in [2.24, 2.45) is 17.8 Å². The summed E-state index contributed by atoms with van der Waals surface area (Å²) in [5.41, 5.74) is 2.63. The summed E-state index contributed by atoms with van der Waals surface area (Å²) >= 11 is 0. The molecule has 11 heteroatoms. The minimum absolute atomic E-state index is 0.0994. The van der Waals surface area contributed by atoms with Gasteiger partial charge in [-0.3, -0.25) is 19.6 Å². The molecular formula is C32H53N3O8. The van der Waals surface area contributed by atoms with Crippen LogP contribution in [0.25, 0.3) is 0 Å². The average molecular weight is 608 g/mol. The summed E-state index contributed by atoms with van der Waals surface area (Å²) in [6.07, 6.45) is 3.50. The Morgan fingerprint density at radius 3 is 2.35 bits per heavy atom. The highest BCUT2D eigenvalue weighted by atomic mass is 16.5. The van der Waals surface area contributed by atoms with Crippen LogP contribution in [0, 0.1) is 17.8 Å². The molecule has 3 atom stereocenters. The van der Waals surface area contributed by atoms with E-state index in [1.165, 1.54) is 0 Å². The number of ether oxygens (including phenoxy) is 4. The van der Waals surface area contributed by atoms with E-state index in [4.69, 9.17) is 18.9 Å². The van der Waals surface area contributed by atoms with E-state index < -0.39 is 23.8 Å². The lowest BCUT2D eigenvalue weighted by atomic mass is 9.81. The molecule has 3 rings (SSSR count). The van der Waals surface area contributed by atoms with Crippen molar-refractivity contribution in [3.63, 3.8) is 0 Å². The molecule has 0 aliphatic carbocycles. The van der Waals surface area contributed by atoms with Gasteiger partial charge in [-0.1, -0.05) is 32.9 Å². The number of carbonyl (C=O) groups excluding carboxylic acids is 3. The van der Waals surface area contributed by atoms with E-state index in [1.54, 1.807) is 5.48 Å². The number of rotatable bonds is 19. The molecule has 2 heterocycles. The summed E-state index contributed by atoms with van der Waals surface area (Å²) in [6, 6.07) is 6.74. The third-order valence-electron chi connectivity index (χ3n) is 7.30. The first-order chi connectivity index (χ1) is 20.8. The van der Waals surface area contributed by atoms with Gasteiger partial charge in [-0.05, 0) is 68.7 Å². The van der Waals surface area contributed by atoms with Crippen molar-refractivity contribution in [1.82, 2.24) is 16.1 Å². The van der Waals surface area contributed by atoms with Gasteiger partial charge in [0.05, 0.1) is 51.6 Å². The second-order valence-corrected chi connectivity index (χ2v) is 11.4. The zero-order valence-electron chi connectivity index (χ0n) is 26.2. The first kappa shape index (κ1) is 36.6. The fraction of sp³-hybridized carbons (Fsp3) is 0.719. The van der Waals surface area contributed by atoms with Crippen molar-refractivity contribution in [3.8, 4) is 5.75 Å². The smallest absolute Gasteiger partial charge is 0.247 e. The molecule has 2 aliphatic rings. The van der Waals surface area contributed by atoms with Gasteiger partial charge in [0.1, 0.15) is 5.75 Å². The summed E-state index contributed by atoms with van der Waals surface area (Å²) in [5, 5.41) is 15.6. The maximum absolute atomic E-state index is 13.6. The van der Waals surface area contributed by atoms with Crippen LogP contribution in [0.5, 0.6) is 5.75 Å². The van der Waals surface area contributed by atoms with E-state index >= 15 is 0 Å². The van der Waals surface area contributed by atoms with Crippen molar-refractivity contribution in [2.75, 3.05) is 59.3 Å². The normalized spacial score (nSPS) is 19.5. The van der Waals surface area contributed by atoms with Gasteiger partial charge < -0.3 is 29.6 Å². The van der Waals surface area contributed by atoms with Gasteiger partial charge in [-0.25, -0.2) is 5.48 Å². The zero-order valence-corrected chi connectivity index (χ0v) is 26.2. The molecule has 244 valence electrons. The number of fused-ring (bicyclic) bond motifs is 11. The minimum atomic E-state index is -0.754. The zero-order chi connectivity index (χ0) is 31.3. The van der Waals surface area contributed by atoms with Gasteiger partial charge in [0.25, 0.3) is 0 Å². The molecule has 2 bridgehead atoms. The molecule has 1 aromatic rings. The second-order valence-electron chi connectivity index (χ2n) is 11.4. The van der Waals surface area contributed by atoms with Crippen LogP contribution in [0.2, 0.25) is 0 Å². The van der Waals surface area contributed by atoms with Gasteiger partial charge in [0.2, 0.25) is 11.8 Å². The van der Waals surface area contributed by atoms with Crippen molar-refractivity contribution < 1.29 is 38.5 Å². The molecule has 11 nitrogen and oxygen atoms in total. The highest BCUT2D eigenvalue weighted by Crippen LogP contribution is 2.27. The number of nitrogens with one attached hydrogen (secondary N) is 3. The van der Waals surface area contributed by atoms with Crippen LogP contribution < -0.4 is 20.9 Å². The number of hydrogen-bond donors (Lipinski definition) is 4. The molecule has 0 aromatic heterocycles. The quantitative estimate of drug-likeness (QED) is 0.106. The van der Waals surface area contributed by atoms with Crippen LogP contribution in [0.1, 0.15) is 64.9 Å². The molecule has 4 N–H and O–H groups in total. The topological polar surface area (TPSA) is 144 Å². The predicted molar refractivity (Wildman–Crippen MR) is 163 cm³/mol. The Bertz CT molecular complexity index is 928. The van der Waals surface area contributed by atoms with Crippen molar-refractivity contribution in [2.45, 2.75) is 71.8 Å². The molecule has 0 fully saturated rings. The van der Waals surface area contributed by atoms with Crippen LogP contribution in [0.15, 0.2) is 24.3 Å². The lowest BCUT2D eigenvalue weighted by molar-refractivity contribution is -0.142. The van der Waals surface area contributed by atoms with Gasteiger partial charge >= 0.3 is 0 Å². The molecule has 0 radical (unpaired) electrons.